The Morgan fingerprint density at radius 3 is 2.52 bits per heavy atom. The van der Waals surface area contributed by atoms with Crippen LogP contribution >= 0.6 is 15.9 Å². The number of benzene rings is 2. The number of halogens is 1. The van der Waals surface area contributed by atoms with E-state index in [0.717, 1.165) is 35.2 Å². The molecule has 0 saturated heterocycles. The molecule has 0 radical (unpaired) electrons. The van der Waals surface area contributed by atoms with Crippen LogP contribution in [-0.4, -0.2) is 6.04 Å². The lowest BCUT2D eigenvalue weighted by Gasteiger charge is -2.13. The summed E-state index contributed by atoms with van der Waals surface area (Å²) in [6, 6.07) is 14.5. The van der Waals surface area contributed by atoms with Crippen molar-refractivity contribution in [3.63, 3.8) is 0 Å². The van der Waals surface area contributed by atoms with E-state index >= 15 is 0 Å². The SMILES string of the molecule is CCc1ccccc1Oc1ccc(CC(N)CC)c(Br)c1. The predicted octanol–water partition coefficient (Wildman–Crippen LogP) is 5.08. The molecule has 0 saturated carbocycles. The van der Waals surface area contributed by atoms with Crippen LogP contribution in [0.2, 0.25) is 0 Å². The highest BCUT2D eigenvalue weighted by atomic mass is 79.9. The van der Waals surface area contributed by atoms with Gasteiger partial charge >= 0.3 is 0 Å². The number of ether oxygens (including phenoxy) is 1. The van der Waals surface area contributed by atoms with Gasteiger partial charge in [0.25, 0.3) is 0 Å². The molecule has 2 rings (SSSR count). The first-order valence-electron chi connectivity index (χ1n) is 7.43. The summed E-state index contributed by atoms with van der Waals surface area (Å²) in [6.45, 7) is 4.24. The molecule has 0 fully saturated rings. The van der Waals surface area contributed by atoms with Gasteiger partial charge in [0.2, 0.25) is 0 Å². The van der Waals surface area contributed by atoms with E-state index < -0.39 is 0 Å². The van der Waals surface area contributed by atoms with Gasteiger partial charge in [-0.1, -0.05) is 54.0 Å². The molecule has 0 aliphatic rings. The molecule has 0 heterocycles. The van der Waals surface area contributed by atoms with Crippen molar-refractivity contribution >= 4 is 15.9 Å². The van der Waals surface area contributed by atoms with Crippen molar-refractivity contribution in [2.75, 3.05) is 0 Å². The van der Waals surface area contributed by atoms with Gasteiger partial charge in [0.15, 0.2) is 0 Å². The third-order valence-corrected chi connectivity index (χ3v) is 4.35. The summed E-state index contributed by atoms with van der Waals surface area (Å²) in [4.78, 5) is 0. The first-order valence-corrected chi connectivity index (χ1v) is 8.23. The summed E-state index contributed by atoms with van der Waals surface area (Å²) in [7, 11) is 0. The Morgan fingerprint density at radius 2 is 1.86 bits per heavy atom. The molecule has 0 bridgehead atoms. The van der Waals surface area contributed by atoms with Crippen molar-refractivity contribution in [2.24, 2.45) is 5.73 Å². The van der Waals surface area contributed by atoms with Crippen molar-refractivity contribution in [1.29, 1.82) is 0 Å². The fourth-order valence-electron chi connectivity index (χ4n) is 2.21. The summed E-state index contributed by atoms with van der Waals surface area (Å²) < 4.78 is 7.06. The largest absolute Gasteiger partial charge is 0.457 e. The number of nitrogens with two attached hydrogens (primary N) is 1. The maximum Gasteiger partial charge on any atom is 0.130 e. The molecule has 2 nitrogen and oxygen atoms in total. The number of rotatable bonds is 6. The van der Waals surface area contributed by atoms with E-state index in [1.807, 2.05) is 30.3 Å². The molecule has 2 N–H and O–H groups in total. The van der Waals surface area contributed by atoms with E-state index in [9.17, 15) is 0 Å². The number of hydrogen-bond donors (Lipinski definition) is 1. The lowest BCUT2D eigenvalue weighted by Crippen LogP contribution is -2.21. The Labute approximate surface area is 135 Å². The summed E-state index contributed by atoms with van der Waals surface area (Å²) in [5.41, 5.74) is 8.46. The zero-order valence-electron chi connectivity index (χ0n) is 12.6. The maximum absolute atomic E-state index is 6.02. The van der Waals surface area contributed by atoms with Gasteiger partial charge in [0.1, 0.15) is 11.5 Å². The summed E-state index contributed by atoms with van der Waals surface area (Å²) >= 11 is 3.62. The first-order chi connectivity index (χ1) is 10.1. The molecule has 2 aromatic carbocycles. The van der Waals surface area contributed by atoms with Crippen LogP contribution in [0.4, 0.5) is 0 Å². The van der Waals surface area contributed by atoms with Crippen molar-refractivity contribution in [1.82, 2.24) is 0 Å². The minimum Gasteiger partial charge on any atom is -0.457 e. The topological polar surface area (TPSA) is 35.2 Å². The van der Waals surface area contributed by atoms with Crippen LogP contribution < -0.4 is 10.5 Å². The van der Waals surface area contributed by atoms with Gasteiger partial charge in [0.05, 0.1) is 0 Å². The van der Waals surface area contributed by atoms with Crippen LogP contribution in [0.15, 0.2) is 46.9 Å². The standard InChI is InChI=1S/C18H22BrNO/c1-3-13-7-5-6-8-18(13)21-16-10-9-14(17(19)12-16)11-15(20)4-2/h5-10,12,15H,3-4,11,20H2,1-2H3. The van der Waals surface area contributed by atoms with Gasteiger partial charge in [-0.25, -0.2) is 0 Å². The Balaban J connectivity index is 2.16. The fraction of sp³-hybridized carbons (Fsp3) is 0.333. The third kappa shape index (κ3) is 4.32. The van der Waals surface area contributed by atoms with Crippen LogP contribution in [0, 0.1) is 0 Å². The highest BCUT2D eigenvalue weighted by molar-refractivity contribution is 9.10. The predicted molar refractivity (Wildman–Crippen MR) is 92.0 cm³/mol. The number of hydrogen-bond acceptors (Lipinski definition) is 2. The molecule has 1 atom stereocenters. The molecule has 0 aromatic heterocycles. The van der Waals surface area contributed by atoms with Crippen molar-refractivity contribution in [3.8, 4) is 11.5 Å². The zero-order valence-corrected chi connectivity index (χ0v) is 14.2. The summed E-state index contributed by atoms with van der Waals surface area (Å²) in [6.07, 6.45) is 2.82. The second-order valence-corrected chi connectivity index (χ2v) is 6.04. The molecule has 2 aromatic rings. The van der Waals surface area contributed by atoms with Gasteiger partial charge in [-0.3, -0.25) is 0 Å². The van der Waals surface area contributed by atoms with Gasteiger partial charge in [-0.05, 0) is 48.6 Å². The molecule has 21 heavy (non-hydrogen) atoms. The normalized spacial score (nSPS) is 12.2. The van der Waals surface area contributed by atoms with E-state index in [0.29, 0.717) is 0 Å². The van der Waals surface area contributed by atoms with Crippen LogP contribution in [0.5, 0.6) is 11.5 Å². The first kappa shape index (κ1) is 16.1. The summed E-state index contributed by atoms with van der Waals surface area (Å²) in [5.74, 6) is 1.77. The monoisotopic (exact) mass is 347 g/mol. The molecule has 0 aliphatic heterocycles. The zero-order chi connectivity index (χ0) is 15.2. The Bertz CT molecular complexity index is 598. The lowest BCUT2D eigenvalue weighted by molar-refractivity contribution is 0.476. The van der Waals surface area contributed by atoms with E-state index in [4.69, 9.17) is 10.5 Å². The van der Waals surface area contributed by atoms with Gasteiger partial charge < -0.3 is 10.5 Å². The molecule has 3 heteroatoms. The summed E-state index contributed by atoms with van der Waals surface area (Å²) in [5, 5.41) is 0. The Kier molecular flexibility index (Phi) is 5.83. The van der Waals surface area contributed by atoms with Crippen molar-refractivity contribution < 1.29 is 4.74 Å². The van der Waals surface area contributed by atoms with E-state index in [1.54, 1.807) is 0 Å². The van der Waals surface area contributed by atoms with E-state index in [-0.39, 0.29) is 6.04 Å². The quantitative estimate of drug-likeness (QED) is 0.790. The molecular formula is C18H22BrNO. The average Bonchev–Trinajstić information content (AvgIpc) is 2.50. The molecule has 112 valence electrons. The van der Waals surface area contributed by atoms with Crippen LogP contribution in [0.25, 0.3) is 0 Å². The van der Waals surface area contributed by atoms with Gasteiger partial charge in [-0.15, -0.1) is 0 Å². The van der Waals surface area contributed by atoms with E-state index in [1.165, 1.54) is 11.1 Å². The van der Waals surface area contributed by atoms with Crippen LogP contribution in [0.1, 0.15) is 31.4 Å². The lowest BCUT2D eigenvalue weighted by atomic mass is 10.0. The molecule has 1 unspecified atom stereocenters. The van der Waals surface area contributed by atoms with E-state index in [2.05, 4.69) is 41.9 Å². The fourth-order valence-corrected chi connectivity index (χ4v) is 2.73. The minimum absolute atomic E-state index is 0.203. The molecular weight excluding hydrogens is 326 g/mol. The smallest absolute Gasteiger partial charge is 0.130 e. The second kappa shape index (κ2) is 7.62. The minimum atomic E-state index is 0.203. The van der Waals surface area contributed by atoms with Crippen molar-refractivity contribution in [2.45, 2.75) is 39.2 Å². The highest BCUT2D eigenvalue weighted by Gasteiger charge is 2.08. The Hall–Kier alpha value is -1.32. The Morgan fingerprint density at radius 1 is 1.10 bits per heavy atom. The number of para-hydroxylation sites is 1. The van der Waals surface area contributed by atoms with Crippen molar-refractivity contribution in [3.05, 3.63) is 58.1 Å². The highest BCUT2D eigenvalue weighted by Crippen LogP contribution is 2.29. The average molecular weight is 348 g/mol. The van der Waals surface area contributed by atoms with Crippen LogP contribution in [-0.2, 0) is 12.8 Å². The third-order valence-electron chi connectivity index (χ3n) is 3.61. The maximum atomic E-state index is 6.02. The second-order valence-electron chi connectivity index (χ2n) is 5.19. The van der Waals surface area contributed by atoms with Crippen LogP contribution in [0.3, 0.4) is 0 Å². The molecule has 0 aliphatic carbocycles. The van der Waals surface area contributed by atoms with Gasteiger partial charge in [-0.2, -0.15) is 0 Å². The number of aryl methyl sites for hydroxylation is 1. The molecule has 0 spiro atoms. The van der Waals surface area contributed by atoms with Gasteiger partial charge in [0, 0.05) is 10.5 Å². The molecule has 0 amide bonds.